The maximum Gasteiger partial charge on any atom is 0.311 e. The SMILES string of the molecule is COC(=O)C(C)(C)CC(=O)C(C)(C)NC(=O)C(C)(C)CC(=O)OC(C)(C)C. The lowest BCUT2D eigenvalue weighted by Crippen LogP contribution is -2.55. The molecule has 0 spiro atoms. The third-order valence-corrected chi connectivity index (χ3v) is 4.08. The van der Waals surface area contributed by atoms with Gasteiger partial charge in [-0.3, -0.25) is 19.2 Å². The fourth-order valence-electron chi connectivity index (χ4n) is 2.31. The maximum absolute atomic E-state index is 12.7. The molecule has 0 saturated carbocycles. The van der Waals surface area contributed by atoms with Crippen molar-refractivity contribution in [3.8, 4) is 0 Å². The van der Waals surface area contributed by atoms with Crippen molar-refractivity contribution in [3.63, 3.8) is 0 Å². The molecule has 1 N–H and O–H groups in total. The Hall–Kier alpha value is -1.92. The Kier molecular flexibility index (Phi) is 7.80. The molecule has 0 unspecified atom stereocenters. The zero-order valence-electron chi connectivity index (χ0n) is 18.4. The number of ketones is 1. The zero-order chi connectivity index (χ0) is 21.8. The van der Waals surface area contributed by atoms with Crippen molar-refractivity contribution >= 4 is 23.6 Å². The van der Waals surface area contributed by atoms with Gasteiger partial charge in [-0.15, -0.1) is 0 Å². The molecule has 7 heteroatoms. The fraction of sp³-hybridized carbons (Fsp3) is 0.800. The van der Waals surface area contributed by atoms with Crippen LogP contribution in [0.25, 0.3) is 0 Å². The number of esters is 2. The smallest absolute Gasteiger partial charge is 0.311 e. The summed E-state index contributed by atoms with van der Waals surface area (Å²) in [7, 11) is 1.26. The minimum Gasteiger partial charge on any atom is -0.469 e. The van der Waals surface area contributed by atoms with Crippen molar-refractivity contribution in [2.45, 2.75) is 86.3 Å². The monoisotopic (exact) mass is 385 g/mol. The van der Waals surface area contributed by atoms with Gasteiger partial charge in [-0.25, -0.2) is 0 Å². The van der Waals surface area contributed by atoms with Crippen molar-refractivity contribution in [2.75, 3.05) is 7.11 Å². The van der Waals surface area contributed by atoms with E-state index in [-0.39, 0.29) is 18.6 Å². The molecule has 0 radical (unpaired) electrons. The van der Waals surface area contributed by atoms with Crippen molar-refractivity contribution in [1.82, 2.24) is 5.32 Å². The van der Waals surface area contributed by atoms with Crippen LogP contribution in [0.2, 0.25) is 0 Å². The first kappa shape index (κ1) is 25.1. The van der Waals surface area contributed by atoms with E-state index in [1.807, 2.05) is 0 Å². The molecule has 156 valence electrons. The average molecular weight is 386 g/mol. The van der Waals surface area contributed by atoms with Gasteiger partial charge in [0.2, 0.25) is 5.91 Å². The van der Waals surface area contributed by atoms with Gasteiger partial charge >= 0.3 is 11.9 Å². The number of carbonyl (C=O) groups is 4. The van der Waals surface area contributed by atoms with E-state index in [1.165, 1.54) is 7.11 Å². The van der Waals surface area contributed by atoms with Gasteiger partial charge in [0.25, 0.3) is 0 Å². The third kappa shape index (κ3) is 8.10. The highest BCUT2D eigenvalue weighted by Gasteiger charge is 2.41. The summed E-state index contributed by atoms with van der Waals surface area (Å²) in [4.78, 5) is 49.2. The summed E-state index contributed by atoms with van der Waals surface area (Å²) >= 11 is 0. The van der Waals surface area contributed by atoms with Crippen LogP contribution in [0.1, 0.15) is 75.2 Å². The van der Waals surface area contributed by atoms with Crippen LogP contribution in [0.15, 0.2) is 0 Å². The number of ether oxygens (including phenoxy) is 2. The van der Waals surface area contributed by atoms with Gasteiger partial charge in [0.05, 0.1) is 29.9 Å². The Balaban J connectivity index is 5.10. The standard InChI is InChI=1S/C20H35NO6/c1-17(2,3)27-14(23)12-18(4,5)15(24)21-20(8,9)13(22)11-19(6,7)16(25)26-10/h11-12H2,1-10H3,(H,21,24). The zero-order valence-corrected chi connectivity index (χ0v) is 18.4. The molecular formula is C20H35NO6. The maximum atomic E-state index is 12.7. The molecule has 0 fully saturated rings. The van der Waals surface area contributed by atoms with E-state index < -0.39 is 39.8 Å². The molecule has 0 aromatic rings. The Labute approximate surface area is 162 Å². The predicted octanol–water partition coefficient (Wildman–Crippen LogP) is 2.80. The molecule has 0 bridgehead atoms. The first-order chi connectivity index (χ1) is 11.8. The summed E-state index contributed by atoms with van der Waals surface area (Å²) in [5, 5.41) is 2.70. The number of amides is 1. The van der Waals surface area contributed by atoms with E-state index in [0.29, 0.717) is 0 Å². The molecule has 0 heterocycles. The summed E-state index contributed by atoms with van der Waals surface area (Å²) in [6, 6.07) is 0. The lowest BCUT2D eigenvalue weighted by Gasteiger charge is -2.33. The molecule has 0 aliphatic rings. The summed E-state index contributed by atoms with van der Waals surface area (Å²) in [5.41, 5.74) is -3.90. The van der Waals surface area contributed by atoms with E-state index in [9.17, 15) is 19.2 Å². The quantitative estimate of drug-likeness (QED) is 0.645. The summed E-state index contributed by atoms with van der Waals surface area (Å²) in [5.74, 6) is -1.73. The Morgan fingerprint density at radius 3 is 1.67 bits per heavy atom. The van der Waals surface area contributed by atoms with Gasteiger partial charge in [-0.2, -0.15) is 0 Å². The molecule has 0 atom stereocenters. The van der Waals surface area contributed by atoms with E-state index in [2.05, 4.69) is 5.32 Å². The van der Waals surface area contributed by atoms with Gasteiger partial charge in [0.1, 0.15) is 5.60 Å². The summed E-state index contributed by atoms with van der Waals surface area (Å²) in [6.45, 7) is 14.9. The van der Waals surface area contributed by atoms with Crippen LogP contribution in [0.5, 0.6) is 0 Å². The van der Waals surface area contributed by atoms with Crippen LogP contribution >= 0.6 is 0 Å². The number of nitrogens with one attached hydrogen (secondary N) is 1. The van der Waals surface area contributed by atoms with Gasteiger partial charge in [-0.1, -0.05) is 13.8 Å². The van der Waals surface area contributed by atoms with Crippen LogP contribution in [-0.4, -0.2) is 41.9 Å². The number of Topliss-reactive ketones (excluding diaryl/α,β-unsaturated/α-hetero) is 1. The summed E-state index contributed by atoms with van der Waals surface area (Å²) < 4.78 is 9.99. The highest BCUT2D eigenvalue weighted by molar-refractivity contribution is 5.96. The summed E-state index contributed by atoms with van der Waals surface area (Å²) in [6.07, 6.45) is -0.201. The molecule has 0 rings (SSSR count). The van der Waals surface area contributed by atoms with Gasteiger partial charge < -0.3 is 14.8 Å². The average Bonchev–Trinajstić information content (AvgIpc) is 2.42. The normalized spacial score (nSPS) is 13.0. The Bertz CT molecular complexity index is 596. The minimum absolute atomic E-state index is 0.0839. The molecule has 1 amide bonds. The van der Waals surface area contributed by atoms with Crippen LogP contribution in [0.4, 0.5) is 0 Å². The second-order valence-electron chi connectivity index (χ2n) is 9.70. The largest absolute Gasteiger partial charge is 0.469 e. The Morgan fingerprint density at radius 1 is 0.778 bits per heavy atom. The molecule has 27 heavy (non-hydrogen) atoms. The van der Waals surface area contributed by atoms with Crippen LogP contribution in [0, 0.1) is 10.8 Å². The number of methoxy groups -OCH3 is 1. The van der Waals surface area contributed by atoms with Crippen LogP contribution in [-0.2, 0) is 28.7 Å². The van der Waals surface area contributed by atoms with Gasteiger partial charge in [-0.05, 0) is 48.5 Å². The second-order valence-corrected chi connectivity index (χ2v) is 9.70. The topological polar surface area (TPSA) is 98.8 Å². The van der Waals surface area contributed by atoms with Crippen molar-refractivity contribution in [1.29, 1.82) is 0 Å². The molecule has 0 aliphatic heterocycles. The van der Waals surface area contributed by atoms with Crippen molar-refractivity contribution in [3.05, 3.63) is 0 Å². The highest BCUT2D eigenvalue weighted by Crippen LogP contribution is 2.28. The fourth-order valence-corrected chi connectivity index (χ4v) is 2.31. The van der Waals surface area contributed by atoms with Crippen LogP contribution in [0.3, 0.4) is 0 Å². The van der Waals surface area contributed by atoms with E-state index in [1.54, 1.807) is 62.3 Å². The number of carbonyl (C=O) groups excluding carboxylic acids is 4. The lowest BCUT2D eigenvalue weighted by atomic mass is 9.81. The number of hydrogen-bond acceptors (Lipinski definition) is 6. The second kappa shape index (κ2) is 8.40. The minimum atomic E-state index is -1.20. The highest BCUT2D eigenvalue weighted by atomic mass is 16.6. The van der Waals surface area contributed by atoms with Crippen molar-refractivity contribution in [2.24, 2.45) is 10.8 Å². The van der Waals surface area contributed by atoms with E-state index in [0.717, 1.165) is 0 Å². The number of hydrogen-bond donors (Lipinski definition) is 1. The molecule has 0 aromatic heterocycles. The van der Waals surface area contributed by atoms with E-state index >= 15 is 0 Å². The number of rotatable bonds is 8. The van der Waals surface area contributed by atoms with E-state index in [4.69, 9.17) is 9.47 Å². The van der Waals surface area contributed by atoms with Crippen molar-refractivity contribution < 1.29 is 28.7 Å². The molecule has 0 aromatic carbocycles. The Morgan fingerprint density at radius 2 is 1.26 bits per heavy atom. The van der Waals surface area contributed by atoms with Gasteiger partial charge in [0.15, 0.2) is 5.78 Å². The van der Waals surface area contributed by atoms with Crippen LogP contribution < -0.4 is 5.32 Å². The predicted molar refractivity (Wildman–Crippen MR) is 102 cm³/mol. The first-order valence-corrected chi connectivity index (χ1v) is 9.00. The lowest BCUT2D eigenvalue weighted by molar-refractivity contribution is -0.160. The van der Waals surface area contributed by atoms with Gasteiger partial charge in [0, 0.05) is 6.42 Å². The molecule has 7 nitrogen and oxygen atoms in total. The first-order valence-electron chi connectivity index (χ1n) is 9.00. The third-order valence-electron chi connectivity index (χ3n) is 4.08. The molecule has 0 aliphatic carbocycles. The molecular weight excluding hydrogens is 350 g/mol. The molecule has 0 saturated heterocycles.